The van der Waals surface area contributed by atoms with Gasteiger partial charge in [0.2, 0.25) is 12.7 Å². The summed E-state index contributed by atoms with van der Waals surface area (Å²) in [6.07, 6.45) is 0. The van der Waals surface area contributed by atoms with Crippen LogP contribution in [0.25, 0.3) is 11.0 Å². The van der Waals surface area contributed by atoms with Crippen LogP contribution >= 0.6 is 0 Å². The summed E-state index contributed by atoms with van der Waals surface area (Å²) in [4.78, 5) is 40.9. The number of nitrogens with one attached hydrogen (secondary N) is 1. The van der Waals surface area contributed by atoms with E-state index in [0.29, 0.717) is 44.1 Å². The third-order valence-corrected chi connectivity index (χ3v) is 6.64. The van der Waals surface area contributed by atoms with Crippen LogP contribution in [0.4, 0.5) is 0 Å². The van der Waals surface area contributed by atoms with E-state index in [1.807, 2.05) is 18.2 Å². The van der Waals surface area contributed by atoms with Gasteiger partial charge in [0.05, 0.1) is 6.61 Å². The van der Waals surface area contributed by atoms with Crippen molar-refractivity contribution in [3.05, 3.63) is 64.0 Å². The minimum atomic E-state index is -1.07. The monoisotopic (exact) mass is 523 g/mol. The van der Waals surface area contributed by atoms with E-state index in [9.17, 15) is 19.5 Å². The topological polar surface area (TPSA) is 131 Å². The van der Waals surface area contributed by atoms with Crippen molar-refractivity contribution in [2.45, 2.75) is 19.5 Å². The molecule has 2 amide bonds. The molecule has 1 saturated heterocycles. The SMILES string of the molecule is Cc1cc(=O)oc2cc(OCC(=O)N[C@@H](CO)C(=O)N3CCN(Cc4ccc5c(c4)OCO5)CC3)ccc12. The summed E-state index contributed by atoms with van der Waals surface area (Å²) in [5.41, 5.74) is 1.76. The Morgan fingerprint density at radius 1 is 1.05 bits per heavy atom. The molecule has 200 valence electrons. The first-order valence-corrected chi connectivity index (χ1v) is 12.4. The van der Waals surface area contributed by atoms with E-state index in [2.05, 4.69) is 10.2 Å². The molecule has 5 rings (SSSR count). The molecule has 2 N–H and O–H groups in total. The number of hydrogen-bond acceptors (Lipinski definition) is 9. The molecule has 2 aliphatic heterocycles. The van der Waals surface area contributed by atoms with Crippen LogP contribution in [0.1, 0.15) is 11.1 Å². The van der Waals surface area contributed by atoms with Gasteiger partial charge >= 0.3 is 5.63 Å². The highest BCUT2D eigenvalue weighted by atomic mass is 16.7. The number of fused-ring (bicyclic) bond motifs is 2. The molecule has 1 atom stereocenters. The number of piperazine rings is 1. The first kappa shape index (κ1) is 25.6. The minimum Gasteiger partial charge on any atom is -0.484 e. The summed E-state index contributed by atoms with van der Waals surface area (Å²) in [6, 6.07) is 11.1. The number of hydrogen-bond donors (Lipinski definition) is 2. The lowest BCUT2D eigenvalue weighted by molar-refractivity contribution is -0.139. The highest BCUT2D eigenvalue weighted by molar-refractivity contribution is 5.88. The van der Waals surface area contributed by atoms with E-state index < -0.39 is 24.2 Å². The number of aliphatic hydroxyl groups excluding tert-OH is 1. The molecule has 2 aromatic carbocycles. The second-order valence-corrected chi connectivity index (χ2v) is 9.29. The summed E-state index contributed by atoms with van der Waals surface area (Å²) in [5.74, 6) is 0.930. The van der Waals surface area contributed by atoms with Crippen LogP contribution < -0.4 is 25.2 Å². The first-order valence-electron chi connectivity index (χ1n) is 12.4. The lowest BCUT2D eigenvalue weighted by Crippen LogP contribution is -2.56. The van der Waals surface area contributed by atoms with E-state index in [4.69, 9.17) is 18.6 Å². The Morgan fingerprint density at radius 2 is 1.84 bits per heavy atom. The molecule has 3 heterocycles. The van der Waals surface area contributed by atoms with Gasteiger partial charge in [-0.05, 0) is 42.3 Å². The summed E-state index contributed by atoms with van der Waals surface area (Å²) in [6.45, 7) is 4.14. The van der Waals surface area contributed by atoms with Crippen LogP contribution in [0.5, 0.6) is 17.2 Å². The zero-order valence-corrected chi connectivity index (χ0v) is 21.0. The standard InChI is InChI=1S/C27H29N3O8/c1-17-10-26(33)38-23-12-19(3-4-20(17)23)35-15-25(32)28-21(14-31)27(34)30-8-6-29(7-9-30)13-18-2-5-22-24(11-18)37-16-36-22/h2-5,10-12,21,31H,6-9,13-16H2,1H3,(H,28,32)/t21-/m0/s1. The smallest absolute Gasteiger partial charge is 0.336 e. The van der Waals surface area contributed by atoms with Crippen LogP contribution in [0.15, 0.2) is 51.7 Å². The molecule has 0 radical (unpaired) electrons. The normalized spacial score (nSPS) is 15.9. The van der Waals surface area contributed by atoms with E-state index in [-0.39, 0.29) is 19.3 Å². The second-order valence-electron chi connectivity index (χ2n) is 9.29. The second kappa shape index (κ2) is 11.1. The number of carbonyl (C=O) groups is 2. The Bertz CT molecular complexity index is 1400. The molecule has 0 bridgehead atoms. The number of amides is 2. The Balaban J connectivity index is 1.10. The number of aliphatic hydroxyl groups is 1. The van der Waals surface area contributed by atoms with Crippen LogP contribution in [-0.4, -0.2) is 78.9 Å². The molecule has 0 aliphatic carbocycles. The molecule has 38 heavy (non-hydrogen) atoms. The molecular weight excluding hydrogens is 494 g/mol. The fourth-order valence-electron chi connectivity index (χ4n) is 4.61. The van der Waals surface area contributed by atoms with E-state index in [0.717, 1.165) is 28.0 Å². The average Bonchev–Trinajstić information content (AvgIpc) is 3.38. The van der Waals surface area contributed by atoms with Crippen LogP contribution in [0.2, 0.25) is 0 Å². The first-order chi connectivity index (χ1) is 18.4. The van der Waals surface area contributed by atoms with Crippen molar-refractivity contribution in [1.82, 2.24) is 15.1 Å². The maximum Gasteiger partial charge on any atom is 0.336 e. The largest absolute Gasteiger partial charge is 0.484 e. The number of nitrogens with zero attached hydrogens (tertiary/aromatic N) is 2. The Kier molecular flexibility index (Phi) is 7.47. The Hall–Kier alpha value is -4.09. The molecule has 11 heteroatoms. The van der Waals surface area contributed by atoms with Crippen molar-refractivity contribution in [3.8, 4) is 17.2 Å². The van der Waals surface area contributed by atoms with Gasteiger partial charge in [-0.25, -0.2) is 4.79 Å². The summed E-state index contributed by atoms with van der Waals surface area (Å²) in [7, 11) is 0. The molecule has 2 aliphatic rings. The minimum absolute atomic E-state index is 0.233. The fraction of sp³-hybridized carbons (Fsp3) is 0.370. The number of aryl methyl sites for hydroxylation is 1. The summed E-state index contributed by atoms with van der Waals surface area (Å²) >= 11 is 0. The highest BCUT2D eigenvalue weighted by Gasteiger charge is 2.28. The van der Waals surface area contributed by atoms with Crippen LogP contribution in [0.3, 0.4) is 0 Å². The summed E-state index contributed by atoms with van der Waals surface area (Å²) < 4.78 is 21.5. The van der Waals surface area contributed by atoms with Gasteiger partial charge in [-0.2, -0.15) is 0 Å². The zero-order chi connectivity index (χ0) is 26.6. The van der Waals surface area contributed by atoms with Crippen LogP contribution in [-0.2, 0) is 16.1 Å². The molecule has 0 saturated carbocycles. The molecule has 0 spiro atoms. The zero-order valence-electron chi connectivity index (χ0n) is 21.0. The van der Waals surface area contributed by atoms with Crippen molar-refractivity contribution in [1.29, 1.82) is 0 Å². The van der Waals surface area contributed by atoms with E-state index in [1.54, 1.807) is 24.0 Å². The summed E-state index contributed by atoms with van der Waals surface area (Å²) in [5, 5.41) is 13.1. The Morgan fingerprint density at radius 3 is 2.63 bits per heavy atom. The van der Waals surface area contributed by atoms with Crippen molar-refractivity contribution in [2.75, 3.05) is 46.2 Å². The maximum absolute atomic E-state index is 13.0. The quantitative estimate of drug-likeness (QED) is 0.416. The third-order valence-electron chi connectivity index (χ3n) is 6.64. The molecule has 0 unspecified atom stereocenters. The number of carbonyl (C=O) groups excluding carboxylic acids is 2. The molecule has 1 fully saturated rings. The van der Waals surface area contributed by atoms with Gasteiger partial charge in [0, 0.05) is 50.2 Å². The lowest BCUT2D eigenvalue weighted by Gasteiger charge is -2.36. The molecular formula is C27H29N3O8. The van der Waals surface area contributed by atoms with Crippen molar-refractivity contribution < 1.29 is 33.3 Å². The number of ether oxygens (including phenoxy) is 3. The van der Waals surface area contributed by atoms with Gasteiger partial charge in [0.25, 0.3) is 5.91 Å². The fourth-order valence-corrected chi connectivity index (χ4v) is 4.61. The highest BCUT2D eigenvalue weighted by Crippen LogP contribution is 2.33. The third kappa shape index (κ3) is 5.74. The Labute approximate surface area is 218 Å². The average molecular weight is 524 g/mol. The van der Waals surface area contributed by atoms with Gasteiger partial charge in [-0.3, -0.25) is 14.5 Å². The molecule has 1 aromatic heterocycles. The van der Waals surface area contributed by atoms with Crippen molar-refractivity contribution in [2.24, 2.45) is 0 Å². The van der Waals surface area contributed by atoms with Gasteiger partial charge in [0.15, 0.2) is 18.1 Å². The lowest BCUT2D eigenvalue weighted by atomic mass is 10.1. The molecule has 3 aromatic rings. The van der Waals surface area contributed by atoms with Gasteiger partial charge in [-0.15, -0.1) is 0 Å². The van der Waals surface area contributed by atoms with Gasteiger partial charge < -0.3 is 34.0 Å². The molecule has 11 nitrogen and oxygen atoms in total. The van der Waals surface area contributed by atoms with E-state index in [1.165, 1.54) is 12.1 Å². The number of benzene rings is 2. The van der Waals surface area contributed by atoms with Crippen molar-refractivity contribution >= 4 is 22.8 Å². The van der Waals surface area contributed by atoms with E-state index >= 15 is 0 Å². The predicted octanol–water partition coefficient (Wildman–Crippen LogP) is 1.03. The van der Waals surface area contributed by atoms with Crippen LogP contribution in [0, 0.1) is 6.92 Å². The van der Waals surface area contributed by atoms with Gasteiger partial charge in [0.1, 0.15) is 17.4 Å². The van der Waals surface area contributed by atoms with Crippen molar-refractivity contribution in [3.63, 3.8) is 0 Å². The predicted molar refractivity (Wildman–Crippen MR) is 136 cm³/mol. The van der Waals surface area contributed by atoms with Gasteiger partial charge in [-0.1, -0.05) is 6.07 Å². The maximum atomic E-state index is 13.0. The number of rotatable bonds is 8.